The highest BCUT2D eigenvalue weighted by molar-refractivity contribution is 7.11. The highest BCUT2D eigenvalue weighted by Gasteiger charge is 2.06. The fraction of sp³-hybridized carbons (Fsp3) is 0.188. The van der Waals surface area contributed by atoms with E-state index in [9.17, 15) is 4.79 Å². The molecule has 0 unspecified atom stereocenters. The lowest BCUT2D eigenvalue weighted by Crippen LogP contribution is -2.24. The third-order valence-corrected chi connectivity index (χ3v) is 3.79. The van der Waals surface area contributed by atoms with Gasteiger partial charge in [-0.2, -0.15) is 0 Å². The maximum atomic E-state index is 12.0. The zero-order valence-electron chi connectivity index (χ0n) is 12.3. The molecule has 6 nitrogen and oxygen atoms in total. The van der Waals surface area contributed by atoms with Gasteiger partial charge in [0.15, 0.2) is 0 Å². The number of ether oxygens (including phenoxy) is 1. The fourth-order valence-corrected chi connectivity index (χ4v) is 2.49. The molecule has 1 amide bonds. The van der Waals surface area contributed by atoms with Crippen LogP contribution in [0.4, 0.5) is 0 Å². The SMILES string of the molecule is O=C(NCCCc1cnoc1)c1ccc(Oc2nccs2)cc1. The number of amides is 1. The van der Waals surface area contributed by atoms with E-state index < -0.39 is 0 Å². The van der Waals surface area contributed by atoms with Crippen molar-refractivity contribution in [2.24, 2.45) is 0 Å². The molecule has 0 aliphatic carbocycles. The maximum absolute atomic E-state index is 12.0. The molecule has 0 fully saturated rings. The van der Waals surface area contributed by atoms with Gasteiger partial charge in [0, 0.05) is 29.2 Å². The number of benzene rings is 1. The lowest BCUT2D eigenvalue weighted by atomic mass is 10.2. The summed E-state index contributed by atoms with van der Waals surface area (Å²) in [4.78, 5) is 16.1. The number of nitrogens with zero attached hydrogens (tertiary/aromatic N) is 2. The second-order valence-electron chi connectivity index (χ2n) is 4.82. The third kappa shape index (κ3) is 4.40. The predicted molar refractivity (Wildman–Crippen MR) is 85.8 cm³/mol. The van der Waals surface area contributed by atoms with Crippen molar-refractivity contribution in [3.05, 3.63) is 59.4 Å². The molecule has 0 atom stereocenters. The van der Waals surface area contributed by atoms with Crippen LogP contribution in [0.25, 0.3) is 0 Å². The Morgan fingerprint density at radius 2 is 2.17 bits per heavy atom. The number of nitrogens with one attached hydrogen (secondary N) is 1. The summed E-state index contributed by atoms with van der Waals surface area (Å²) < 4.78 is 10.3. The van der Waals surface area contributed by atoms with Gasteiger partial charge in [-0.3, -0.25) is 4.79 Å². The van der Waals surface area contributed by atoms with Gasteiger partial charge in [0.2, 0.25) is 0 Å². The van der Waals surface area contributed by atoms with Crippen molar-refractivity contribution >= 4 is 17.2 Å². The molecule has 0 radical (unpaired) electrons. The van der Waals surface area contributed by atoms with Crippen LogP contribution >= 0.6 is 11.3 Å². The number of carbonyl (C=O) groups excluding carboxylic acids is 1. The van der Waals surface area contributed by atoms with Gasteiger partial charge in [-0.1, -0.05) is 16.5 Å². The van der Waals surface area contributed by atoms with Crippen LogP contribution in [-0.2, 0) is 6.42 Å². The molecule has 7 heteroatoms. The molecule has 1 N–H and O–H groups in total. The van der Waals surface area contributed by atoms with E-state index in [4.69, 9.17) is 9.26 Å². The highest BCUT2D eigenvalue weighted by Crippen LogP contribution is 2.23. The molecule has 0 aliphatic heterocycles. The summed E-state index contributed by atoms with van der Waals surface area (Å²) in [6.07, 6.45) is 6.63. The number of carbonyl (C=O) groups is 1. The van der Waals surface area contributed by atoms with E-state index >= 15 is 0 Å². The van der Waals surface area contributed by atoms with E-state index in [2.05, 4.69) is 15.5 Å². The van der Waals surface area contributed by atoms with Crippen LogP contribution in [0.15, 0.2) is 52.8 Å². The molecule has 0 bridgehead atoms. The minimum atomic E-state index is -0.101. The van der Waals surface area contributed by atoms with Gasteiger partial charge in [0.25, 0.3) is 11.1 Å². The van der Waals surface area contributed by atoms with Crippen molar-refractivity contribution in [3.8, 4) is 10.9 Å². The summed E-state index contributed by atoms with van der Waals surface area (Å²) >= 11 is 1.42. The standard InChI is InChI=1S/C16H15N3O3S/c20-15(17-7-1-2-12-10-19-21-11-12)13-3-5-14(6-4-13)22-16-18-8-9-23-16/h3-6,8-11H,1-2,7H2,(H,17,20). The van der Waals surface area contributed by atoms with Crippen molar-refractivity contribution in [1.82, 2.24) is 15.5 Å². The second-order valence-corrected chi connectivity index (χ2v) is 5.67. The number of hydrogen-bond acceptors (Lipinski definition) is 6. The first-order valence-corrected chi connectivity index (χ1v) is 8.03. The normalized spacial score (nSPS) is 10.4. The summed E-state index contributed by atoms with van der Waals surface area (Å²) in [6, 6.07) is 6.98. The average Bonchev–Trinajstić information content (AvgIpc) is 3.26. The van der Waals surface area contributed by atoms with Crippen LogP contribution in [0.5, 0.6) is 10.9 Å². The Balaban J connectivity index is 1.45. The van der Waals surface area contributed by atoms with Crippen molar-refractivity contribution in [2.75, 3.05) is 6.54 Å². The molecule has 3 rings (SSSR count). The van der Waals surface area contributed by atoms with Crippen LogP contribution in [0.3, 0.4) is 0 Å². The van der Waals surface area contributed by atoms with E-state index in [-0.39, 0.29) is 5.91 Å². The fourth-order valence-electron chi connectivity index (χ4n) is 1.98. The number of hydrogen-bond donors (Lipinski definition) is 1. The first kappa shape index (κ1) is 15.2. The number of aryl methyl sites for hydroxylation is 1. The molecular weight excluding hydrogens is 314 g/mol. The Labute approximate surface area is 137 Å². The minimum absolute atomic E-state index is 0.101. The molecule has 0 saturated carbocycles. The zero-order chi connectivity index (χ0) is 15.9. The number of thiazole rings is 1. The molecule has 2 heterocycles. The van der Waals surface area contributed by atoms with Crippen LogP contribution in [0.2, 0.25) is 0 Å². The summed E-state index contributed by atoms with van der Waals surface area (Å²) in [5.41, 5.74) is 1.63. The number of aromatic nitrogens is 2. The average molecular weight is 329 g/mol. The van der Waals surface area contributed by atoms with Crippen molar-refractivity contribution in [2.45, 2.75) is 12.8 Å². The molecule has 3 aromatic rings. The zero-order valence-corrected chi connectivity index (χ0v) is 13.1. The van der Waals surface area contributed by atoms with Gasteiger partial charge in [0.05, 0.1) is 6.20 Å². The molecule has 23 heavy (non-hydrogen) atoms. The molecule has 0 spiro atoms. The third-order valence-electron chi connectivity index (χ3n) is 3.14. The Morgan fingerprint density at radius 3 is 2.87 bits per heavy atom. The lowest BCUT2D eigenvalue weighted by Gasteiger charge is -2.06. The lowest BCUT2D eigenvalue weighted by molar-refractivity contribution is 0.0953. The second kappa shape index (κ2) is 7.55. The van der Waals surface area contributed by atoms with E-state index in [1.165, 1.54) is 11.3 Å². The first-order valence-electron chi connectivity index (χ1n) is 7.15. The number of rotatable bonds is 7. The Hall–Kier alpha value is -2.67. The highest BCUT2D eigenvalue weighted by atomic mass is 32.1. The topological polar surface area (TPSA) is 77.2 Å². The summed E-state index contributed by atoms with van der Waals surface area (Å²) in [5, 5.41) is 8.95. The van der Waals surface area contributed by atoms with Crippen molar-refractivity contribution < 1.29 is 14.1 Å². The van der Waals surface area contributed by atoms with Gasteiger partial charge in [0.1, 0.15) is 12.0 Å². The van der Waals surface area contributed by atoms with Crippen LogP contribution in [0, 0.1) is 0 Å². The Morgan fingerprint density at radius 1 is 1.30 bits per heavy atom. The Bertz CT molecular complexity index is 725. The van der Waals surface area contributed by atoms with Crippen LogP contribution < -0.4 is 10.1 Å². The summed E-state index contributed by atoms with van der Waals surface area (Å²) in [7, 11) is 0. The van der Waals surface area contributed by atoms with Gasteiger partial charge in [-0.05, 0) is 37.1 Å². The maximum Gasteiger partial charge on any atom is 0.278 e. The summed E-state index contributed by atoms with van der Waals surface area (Å²) in [6.45, 7) is 0.599. The monoisotopic (exact) mass is 329 g/mol. The smallest absolute Gasteiger partial charge is 0.278 e. The van der Waals surface area contributed by atoms with Crippen molar-refractivity contribution in [1.29, 1.82) is 0 Å². The summed E-state index contributed by atoms with van der Waals surface area (Å²) in [5.74, 6) is 0.556. The molecule has 118 valence electrons. The quantitative estimate of drug-likeness (QED) is 0.673. The molecular formula is C16H15N3O3S. The van der Waals surface area contributed by atoms with Gasteiger partial charge >= 0.3 is 0 Å². The van der Waals surface area contributed by atoms with Crippen molar-refractivity contribution in [3.63, 3.8) is 0 Å². The Kier molecular flexibility index (Phi) is 5.00. The van der Waals surface area contributed by atoms with Gasteiger partial charge < -0.3 is 14.6 Å². The molecule has 2 aromatic heterocycles. The molecule has 0 aliphatic rings. The van der Waals surface area contributed by atoms with Gasteiger partial charge in [-0.15, -0.1) is 0 Å². The predicted octanol–water partition coefficient (Wildman–Crippen LogP) is 3.29. The minimum Gasteiger partial charge on any atom is -0.431 e. The van der Waals surface area contributed by atoms with Crippen LogP contribution in [0.1, 0.15) is 22.3 Å². The van der Waals surface area contributed by atoms with E-state index in [1.807, 2.05) is 5.38 Å². The molecule has 1 aromatic carbocycles. The van der Waals surface area contributed by atoms with E-state index in [0.717, 1.165) is 18.4 Å². The van der Waals surface area contributed by atoms with E-state index in [0.29, 0.717) is 23.1 Å². The van der Waals surface area contributed by atoms with Crippen LogP contribution in [-0.4, -0.2) is 22.6 Å². The first-order chi connectivity index (χ1) is 11.3. The van der Waals surface area contributed by atoms with E-state index in [1.54, 1.807) is 42.9 Å². The largest absolute Gasteiger partial charge is 0.431 e. The molecule has 0 saturated heterocycles. The van der Waals surface area contributed by atoms with Gasteiger partial charge in [-0.25, -0.2) is 4.98 Å².